The van der Waals surface area contributed by atoms with Crippen molar-refractivity contribution in [3.8, 4) is 0 Å². The molecule has 3 fully saturated rings. The molecule has 122 valence electrons. The Balaban J connectivity index is 1.71. The highest BCUT2D eigenvalue weighted by Crippen LogP contribution is 2.26. The molecule has 0 saturated carbocycles. The van der Waals surface area contributed by atoms with Crippen LogP contribution >= 0.6 is 0 Å². The monoisotopic (exact) mass is 316 g/mol. The van der Waals surface area contributed by atoms with Crippen LogP contribution < -0.4 is 5.73 Å². The van der Waals surface area contributed by atoms with Crippen LogP contribution in [-0.4, -0.2) is 73.8 Å². The van der Waals surface area contributed by atoms with E-state index in [2.05, 4.69) is 4.90 Å². The number of piperidine rings is 1. The van der Waals surface area contributed by atoms with E-state index in [9.17, 15) is 8.42 Å². The van der Waals surface area contributed by atoms with Crippen LogP contribution in [0, 0.1) is 5.92 Å². The molecule has 2 N–H and O–H groups in total. The molecule has 2 atom stereocenters. The van der Waals surface area contributed by atoms with Gasteiger partial charge in [0.2, 0.25) is 0 Å². The van der Waals surface area contributed by atoms with Gasteiger partial charge in [-0.2, -0.15) is 17.0 Å². The van der Waals surface area contributed by atoms with Gasteiger partial charge >= 0.3 is 0 Å². The lowest BCUT2D eigenvalue weighted by atomic mass is 10.0. The van der Waals surface area contributed by atoms with E-state index in [1.54, 1.807) is 8.61 Å². The van der Waals surface area contributed by atoms with E-state index in [1.165, 1.54) is 6.42 Å². The summed E-state index contributed by atoms with van der Waals surface area (Å²) in [5.41, 5.74) is 5.74. The molecule has 0 aromatic rings. The molecular formula is C14H28N4O2S. The second-order valence-corrected chi connectivity index (χ2v) is 8.58. The fourth-order valence-corrected chi connectivity index (χ4v) is 5.78. The predicted molar refractivity (Wildman–Crippen MR) is 83.1 cm³/mol. The lowest BCUT2D eigenvalue weighted by molar-refractivity contribution is 0.235. The van der Waals surface area contributed by atoms with E-state index in [1.807, 2.05) is 0 Å². The minimum atomic E-state index is -3.31. The maximum Gasteiger partial charge on any atom is 0.282 e. The largest absolute Gasteiger partial charge is 0.330 e. The van der Waals surface area contributed by atoms with Crippen molar-refractivity contribution in [3.63, 3.8) is 0 Å². The summed E-state index contributed by atoms with van der Waals surface area (Å²) in [6.07, 6.45) is 5.28. The zero-order valence-corrected chi connectivity index (χ0v) is 13.6. The maximum absolute atomic E-state index is 12.9. The van der Waals surface area contributed by atoms with Crippen molar-refractivity contribution in [2.75, 3.05) is 45.8 Å². The molecule has 3 heterocycles. The van der Waals surface area contributed by atoms with Crippen molar-refractivity contribution in [1.29, 1.82) is 0 Å². The lowest BCUT2D eigenvalue weighted by Gasteiger charge is -2.35. The molecule has 3 saturated heterocycles. The molecule has 3 rings (SSSR count). The highest BCUT2D eigenvalue weighted by Gasteiger charge is 2.37. The fraction of sp³-hybridized carbons (Fsp3) is 1.00. The molecule has 7 heteroatoms. The number of hydrogen-bond acceptors (Lipinski definition) is 4. The van der Waals surface area contributed by atoms with Crippen LogP contribution in [-0.2, 0) is 10.2 Å². The number of nitrogens with zero attached hydrogens (tertiary/aromatic N) is 3. The maximum atomic E-state index is 12.9. The fourth-order valence-electron chi connectivity index (χ4n) is 3.97. The molecule has 0 bridgehead atoms. The quantitative estimate of drug-likeness (QED) is 0.800. The molecular weight excluding hydrogens is 288 g/mol. The Morgan fingerprint density at radius 1 is 0.905 bits per heavy atom. The number of nitrogens with two attached hydrogens (primary N) is 1. The first-order valence-electron chi connectivity index (χ1n) is 8.30. The first kappa shape index (κ1) is 15.7. The van der Waals surface area contributed by atoms with Gasteiger partial charge in [0, 0.05) is 32.2 Å². The molecule has 0 aliphatic carbocycles. The minimum absolute atomic E-state index is 0.323. The Labute approximate surface area is 128 Å². The average Bonchev–Trinajstić information content (AvgIpc) is 2.84. The van der Waals surface area contributed by atoms with Crippen LogP contribution in [0.15, 0.2) is 0 Å². The minimum Gasteiger partial charge on any atom is -0.330 e. The van der Waals surface area contributed by atoms with Gasteiger partial charge < -0.3 is 5.73 Å². The third-order valence-electron chi connectivity index (χ3n) is 5.23. The van der Waals surface area contributed by atoms with Crippen molar-refractivity contribution in [2.24, 2.45) is 11.7 Å². The number of rotatable bonds is 3. The molecule has 6 nitrogen and oxygen atoms in total. The molecule has 0 radical (unpaired) electrons. The molecule has 21 heavy (non-hydrogen) atoms. The van der Waals surface area contributed by atoms with Gasteiger partial charge in [0.05, 0.1) is 0 Å². The van der Waals surface area contributed by atoms with E-state index in [-0.39, 0.29) is 0 Å². The topological polar surface area (TPSA) is 69.9 Å². The van der Waals surface area contributed by atoms with Gasteiger partial charge in [-0.25, -0.2) is 0 Å². The first-order chi connectivity index (χ1) is 10.1. The summed E-state index contributed by atoms with van der Waals surface area (Å²) in [5.74, 6) is 0.323. The number of hydrogen-bond donors (Lipinski definition) is 1. The van der Waals surface area contributed by atoms with E-state index in [0.29, 0.717) is 44.7 Å². The van der Waals surface area contributed by atoms with Crippen molar-refractivity contribution >= 4 is 10.2 Å². The molecule has 0 spiro atoms. The zero-order valence-electron chi connectivity index (χ0n) is 12.8. The Morgan fingerprint density at radius 2 is 1.57 bits per heavy atom. The van der Waals surface area contributed by atoms with Crippen LogP contribution in [0.1, 0.15) is 32.1 Å². The van der Waals surface area contributed by atoms with Crippen LogP contribution in [0.25, 0.3) is 0 Å². The van der Waals surface area contributed by atoms with Gasteiger partial charge in [-0.1, -0.05) is 0 Å². The van der Waals surface area contributed by atoms with Crippen molar-refractivity contribution in [2.45, 2.75) is 38.1 Å². The summed E-state index contributed by atoms with van der Waals surface area (Å²) >= 11 is 0. The van der Waals surface area contributed by atoms with Crippen LogP contribution in [0.2, 0.25) is 0 Å². The second kappa shape index (κ2) is 6.50. The average molecular weight is 316 g/mol. The summed E-state index contributed by atoms with van der Waals surface area (Å²) < 4.78 is 29.3. The lowest BCUT2D eigenvalue weighted by Crippen LogP contribution is -2.50. The van der Waals surface area contributed by atoms with E-state index in [0.717, 1.165) is 38.8 Å². The predicted octanol–water partition coefficient (Wildman–Crippen LogP) is 0.0720. The first-order valence-corrected chi connectivity index (χ1v) is 9.70. The van der Waals surface area contributed by atoms with Crippen LogP contribution in [0.4, 0.5) is 0 Å². The molecule has 0 aromatic carbocycles. The number of fused-ring (bicyclic) bond motifs is 1. The van der Waals surface area contributed by atoms with Gasteiger partial charge in [0.15, 0.2) is 0 Å². The van der Waals surface area contributed by atoms with Crippen LogP contribution in [0.5, 0.6) is 0 Å². The van der Waals surface area contributed by atoms with Crippen molar-refractivity contribution in [1.82, 2.24) is 13.5 Å². The van der Waals surface area contributed by atoms with Crippen LogP contribution in [0.3, 0.4) is 0 Å². The third kappa shape index (κ3) is 3.27. The molecule has 3 aliphatic heterocycles. The highest BCUT2D eigenvalue weighted by atomic mass is 32.2. The smallest absolute Gasteiger partial charge is 0.282 e. The molecule has 0 amide bonds. The van der Waals surface area contributed by atoms with E-state index < -0.39 is 10.2 Å². The molecule has 3 aliphatic rings. The molecule has 2 unspecified atom stereocenters. The molecule has 0 aromatic heterocycles. The summed E-state index contributed by atoms with van der Waals surface area (Å²) in [6, 6.07) is 0.428. The summed E-state index contributed by atoms with van der Waals surface area (Å²) in [7, 11) is -3.31. The van der Waals surface area contributed by atoms with Gasteiger partial charge in [0.25, 0.3) is 10.2 Å². The standard InChI is InChI=1S/C14H28N4O2S/c15-10-13-4-1-8-17(11-13)21(19,20)18-9-3-7-16-6-2-5-14(16)12-18/h13-14H,1-12,15H2. The van der Waals surface area contributed by atoms with Gasteiger partial charge in [-0.05, 0) is 57.7 Å². The van der Waals surface area contributed by atoms with Crippen molar-refractivity contribution < 1.29 is 8.42 Å². The summed E-state index contributed by atoms with van der Waals surface area (Å²) in [4.78, 5) is 2.47. The Kier molecular flexibility index (Phi) is 4.85. The normalized spacial score (nSPS) is 33.8. The van der Waals surface area contributed by atoms with Gasteiger partial charge in [-0.15, -0.1) is 0 Å². The van der Waals surface area contributed by atoms with E-state index >= 15 is 0 Å². The SMILES string of the molecule is NCC1CCCN(S(=O)(=O)N2CCCN3CCCC3C2)C1. The summed E-state index contributed by atoms with van der Waals surface area (Å²) in [6.45, 7) is 5.36. The van der Waals surface area contributed by atoms with Crippen molar-refractivity contribution in [3.05, 3.63) is 0 Å². The van der Waals surface area contributed by atoms with Gasteiger partial charge in [0.1, 0.15) is 0 Å². The van der Waals surface area contributed by atoms with Gasteiger partial charge in [-0.3, -0.25) is 4.90 Å². The Morgan fingerprint density at radius 3 is 2.38 bits per heavy atom. The highest BCUT2D eigenvalue weighted by molar-refractivity contribution is 7.86. The van der Waals surface area contributed by atoms with E-state index in [4.69, 9.17) is 5.73 Å². The third-order valence-corrected chi connectivity index (χ3v) is 7.20. The Bertz CT molecular complexity index is 456. The Hall–Kier alpha value is -0.210. The second-order valence-electron chi connectivity index (χ2n) is 6.65. The summed E-state index contributed by atoms with van der Waals surface area (Å²) in [5, 5.41) is 0. The zero-order chi connectivity index (χ0) is 14.9.